The topological polar surface area (TPSA) is 149 Å². The van der Waals surface area contributed by atoms with Gasteiger partial charge in [-0.1, -0.05) is 11.2 Å². The summed E-state index contributed by atoms with van der Waals surface area (Å²) in [5.74, 6) is -1.70. The van der Waals surface area contributed by atoms with E-state index in [4.69, 9.17) is 24.5 Å². The van der Waals surface area contributed by atoms with E-state index in [1.807, 2.05) is 0 Å². The number of carbonyl (C=O) groups is 3. The Balaban J connectivity index is 3.14. The zero-order valence-electron chi connectivity index (χ0n) is 16.9. The second-order valence-electron chi connectivity index (χ2n) is 6.49. The molecule has 1 heterocycles. The van der Waals surface area contributed by atoms with Gasteiger partial charge in [-0.25, -0.2) is 0 Å². The molecule has 1 N–H and O–H groups in total. The van der Waals surface area contributed by atoms with Crippen molar-refractivity contribution in [3.8, 4) is 0 Å². The molecule has 0 aromatic carbocycles. The number of allylic oxidation sites excluding steroid dienone is 1. The van der Waals surface area contributed by atoms with E-state index in [2.05, 4.69) is 21.9 Å². The lowest BCUT2D eigenvalue weighted by molar-refractivity contribution is -0.269. The van der Waals surface area contributed by atoms with Crippen molar-refractivity contribution >= 4 is 17.8 Å². The summed E-state index contributed by atoms with van der Waals surface area (Å²) in [7, 11) is 0. The van der Waals surface area contributed by atoms with Gasteiger partial charge >= 0.3 is 11.9 Å². The molecule has 0 bridgehead atoms. The highest BCUT2D eigenvalue weighted by Crippen LogP contribution is 2.28. The summed E-state index contributed by atoms with van der Waals surface area (Å²) in [6, 6.07) is -0.928. The Morgan fingerprint density at radius 1 is 1.17 bits per heavy atom. The van der Waals surface area contributed by atoms with Gasteiger partial charge in [0.2, 0.25) is 5.91 Å². The quantitative estimate of drug-likeness (QED) is 0.136. The number of amides is 1. The monoisotopic (exact) mass is 412 g/mol. The van der Waals surface area contributed by atoms with Gasteiger partial charge in [0.1, 0.15) is 12.1 Å². The van der Waals surface area contributed by atoms with Gasteiger partial charge in [0.15, 0.2) is 18.5 Å². The van der Waals surface area contributed by atoms with Crippen LogP contribution in [0.15, 0.2) is 17.8 Å². The molecule has 1 aliphatic rings. The minimum absolute atomic E-state index is 0.185. The van der Waals surface area contributed by atoms with Crippen LogP contribution in [0.2, 0.25) is 0 Å². The lowest BCUT2D eigenvalue weighted by atomic mass is 9.95. The first kappa shape index (κ1) is 24.4. The molecule has 162 valence electrons. The zero-order chi connectivity index (χ0) is 21.8. The number of nitrogens with one attached hydrogen (secondary N) is 1. The van der Waals surface area contributed by atoms with Crippen LogP contribution in [0.5, 0.6) is 0 Å². The van der Waals surface area contributed by atoms with Crippen LogP contribution in [0.4, 0.5) is 0 Å². The Bertz CT molecular complexity index is 636. The Labute approximate surface area is 169 Å². The van der Waals surface area contributed by atoms with Crippen LogP contribution in [0.1, 0.15) is 40.0 Å². The molecule has 5 atom stereocenters. The average molecular weight is 412 g/mol. The number of esters is 2. The van der Waals surface area contributed by atoms with Crippen LogP contribution in [-0.4, -0.2) is 61.6 Å². The van der Waals surface area contributed by atoms with Gasteiger partial charge in [-0.2, -0.15) is 0 Å². The smallest absolute Gasteiger partial charge is 0.303 e. The number of ether oxygens (including phenoxy) is 4. The molecule has 0 aromatic rings. The maximum atomic E-state index is 11.7. The van der Waals surface area contributed by atoms with Crippen LogP contribution >= 0.6 is 0 Å². The largest absolute Gasteiger partial charge is 0.456 e. The van der Waals surface area contributed by atoms with Crippen LogP contribution in [-0.2, 0) is 33.3 Å². The predicted molar refractivity (Wildman–Crippen MR) is 101 cm³/mol. The summed E-state index contributed by atoms with van der Waals surface area (Å²) in [5, 5.41) is 6.12. The molecule has 0 saturated carbocycles. The van der Waals surface area contributed by atoms with Crippen molar-refractivity contribution in [3.05, 3.63) is 23.1 Å². The highest BCUT2D eigenvalue weighted by molar-refractivity contribution is 5.73. The predicted octanol–water partition coefficient (Wildman–Crippen LogP) is 1.76. The number of azide groups is 1. The van der Waals surface area contributed by atoms with Gasteiger partial charge in [-0.15, -0.1) is 6.58 Å². The minimum Gasteiger partial charge on any atom is -0.456 e. The van der Waals surface area contributed by atoms with Crippen molar-refractivity contribution in [3.63, 3.8) is 0 Å². The first-order valence-electron chi connectivity index (χ1n) is 9.30. The fraction of sp³-hybridized carbons (Fsp3) is 0.722. The van der Waals surface area contributed by atoms with E-state index in [0.717, 1.165) is 12.8 Å². The molecule has 29 heavy (non-hydrogen) atoms. The van der Waals surface area contributed by atoms with Crippen molar-refractivity contribution < 1.29 is 33.3 Å². The molecular weight excluding hydrogens is 384 g/mol. The molecule has 11 heteroatoms. The maximum absolute atomic E-state index is 11.7. The zero-order valence-corrected chi connectivity index (χ0v) is 16.9. The van der Waals surface area contributed by atoms with Crippen LogP contribution in [0.25, 0.3) is 10.4 Å². The number of hydrogen-bond acceptors (Lipinski definition) is 8. The van der Waals surface area contributed by atoms with E-state index >= 15 is 0 Å². The summed E-state index contributed by atoms with van der Waals surface area (Å²) >= 11 is 0. The molecule has 1 amide bonds. The van der Waals surface area contributed by atoms with Gasteiger partial charge < -0.3 is 24.3 Å². The molecule has 1 fully saturated rings. The SMILES string of the molecule is C=CCCCCO[C@H]1OC(CN=[N+]=[N-])[C@H](OC(C)=O)[C@H](OC(C)=O)C1NC(C)=O. The molecule has 0 radical (unpaired) electrons. The van der Waals surface area contributed by atoms with Crippen molar-refractivity contribution in [2.24, 2.45) is 5.11 Å². The van der Waals surface area contributed by atoms with Gasteiger partial charge in [0, 0.05) is 32.3 Å². The molecule has 1 saturated heterocycles. The van der Waals surface area contributed by atoms with Crippen LogP contribution < -0.4 is 5.32 Å². The summed E-state index contributed by atoms with van der Waals surface area (Å²) in [6.45, 7) is 7.46. The third kappa shape index (κ3) is 8.51. The fourth-order valence-electron chi connectivity index (χ4n) is 2.95. The summed E-state index contributed by atoms with van der Waals surface area (Å²) in [4.78, 5) is 37.7. The third-order valence-corrected chi connectivity index (χ3v) is 4.03. The Hall–Kier alpha value is -2.62. The van der Waals surface area contributed by atoms with Gasteiger partial charge in [-0.05, 0) is 24.8 Å². The van der Waals surface area contributed by atoms with Crippen molar-refractivity contribution in [1.29, 1.82) is 0 Å². The molecule has 1 aliphatic heterocycles. The van der Waals surface area contributed by atoms with Crippen molar-refractivity contribution in [2.45, 2.75) is 70.7 Å². The number of hydrogen-bond donors (Lipinski definition) is 1. The van der Waals surface area contributed by atoms with E-state index in [1.165, 1.54) is 20.8 Å². The van der Waals surface area contributed by atoms with E-state index in [0.29, 0.717) is 13.0 Å². The van der Waals surface area contributed by atoms with Crippen molar-refractivity contribution in [1.82, 2.24) is 5.32 Å². The molecule has 11 nitrogen and oxygen atoms in total. The second-order valence-corrected chi connectivity index (χ2v) is 6.49. The standard InChI is InChI=1S/C18H28N4O7/c1-5-6-7-8-9-26-18-15(21-11(2)23)17(28-13(4)25)16(27-12(3)24)14(29-18)10-20-22-19/h5,14-18H,1,6-10H2,2-4H3,(H,21,23)/t14?,15?,16-,17+,18-/m0/s1. The Morgan fingerprint density at radius 3 is 2.38 bits per heavy atom. The lowest BCUT2D eigenvalue weighted by Crippen LogP contribution is -2.66. The van der Waals surface area contributed by atoms with E-state index in [-0.39, 0.29) is 6.54 Å². The minimum atomic E-state index is -1.10. The lowest BCUT2D eigenvalue weighted by Gasteiger charge is -2.45. The number of nitrogens with zero attached hydrogens (tertiary/aromatic N) is 3. The first-order chi connectivity index (χ1) is 13.8. The molecule has 2 unspecified atom stereocenters. The van der Waals surface area contributed by atoms with E-state index < -0.39 is 48.5 Å². The highest BCUT2D eigenvalue weighted by atomic mass is 16.7. The summed E-state index contributed by atoms with van der Waals surface area (Å²) in [6.07, 6.45) is 0.0741. The van der Waals surface area contributed by atoms with E-state index in [9.17, 15) is 14.4 Å². The average Bonchev–Trinajstić information content (AvgIpc) is 2.63. The number of carbonyl (C=O) groups excluding carboxylic acids is 3. The van der Waals surface area contributed by atoms with Gasteiger partial charge in [0.05, 0.1) is 6.54 Å². The Kier molecular flexibility index (Phi) is 10.7. The number of rotatable bonds is 11. The number of unbranched alkanes of at least 4 members (excludes halogenated alkanes) is 2. The molecule has 1 rings (SSSR count). The van der Waals surface area contributed by atoms with Crippen LogP contribution in [0, 0.1) is 0 Å². The van der Waals surface area contributed by atoms with Crippen LogP contribution in [0.3, 0.4) is 0 Å². The van der Waals surface area contributed by atoms with E-state index in [1.54, 1.807) is 6.08 Å². The molecule has 0 aliphatic carbocycles. The summed E-state index contributed by atoms with van der Waals surface area (Å²) in [5.41, 5.74) is 8.65. The summed E-state index contributed by atoms with van der Waals surface area (Å²) < 4.78 is 22.3. The van der Waals surface area contributed by atoms with Crippen molar-refractivity contribution in [2.75, 3.05) is 13.2 Å². The van der Waals surface area contributed by atoms with Gasteiger partial charge in [-0.3, -0.25) is 14.4 Å². The molecular formula is C18H28N4O7. The fourth-order valence-corrected chi connectivity index (χ4v) is 2.95. The first-order valence-corrected chi connectivity index (χ1v) is 9.30. The molecule has 0 spiro atoms. The maximum Gasteiger partial charge on any atom is 0.303 e. The normalized spacial score (nSPS) is 26.0. The second kappa shape index (κ2) is 12.8. The third-order valence-electron chi connectivity index (χ3n) is 4.03. The van der Waals surface area contributed by atoms with Gasteiger partial charge in [0.25, 0.3) is 0 Å². The highest BCUT2D eigenvalue weighted by Gasteiger charge is 2.50. The Morgan fingerprint density at radius 2 is 1.83 bits per heavy atom. The molecule has 0 aromatic heterocycles.